The maximum atomic E-state index is 11.7. The van der Waals surface area contributed by atoms with Crippen LogP contribution in [0.5, 0.6) is 0 Å². The second kappa shape index (κ2) is 5.07. The number of nitrogens with zero attached hydrogens (tertiary/aromatic N) is 3. The van der Waals surface area contributed by atoms with Crippen LogP contribution in [0.1, 0.15) is 22.4 Å². The van der Waals surface area contributed by atoms with Gasteiger partial charge < -0.3 is 0 Å². The molecule has 0 fully saturated rings. The molecule has 0 unspecified atom stereocenters. The van der Waals surface area contributed by atoms with Crippen molar-refractivity contribution in [3.05, 3.63) is 46.6 Å². The predicted molar refractivity (Wildman–Crippen MR) is 73.3 cm³/mol. The largest absolute Gasteiger partial charge is 0.256 e. The van der Waals surface area contributed by atoms with E-state index in [4.69, 9.17) is 10.4 Å². The standard InChI is InChI=1S/C13H14N4O2S/c1-9-4-3-5-11(6-9)8-17-13(20(15,18)19)12(7-14)10(2)16-17/h3-6H,8H2,1-2H3,(H2,15,18,19). The van der Waals surface area contributed by atoms with E-state index in [1.165, 1.54) is 4.68 Å². The molecule has 0 saturated carbocycles. The molecule has 7 heteroatoms. The van der Waals surface area contributed by atoms with Gasteiger partial charge in [-0.05, 0) is 19.4 Å². The van der Waals surface area contributed by atoms with Crippen molar-refractivity contribution >= 4 is 10.0 Å². The van der Waals surface area contributed by atoms with Crippen molar-refractivity contribution < 1.29 is 8.42 Å². The summed E-state index contributed by atoms with van der Waals surface area (Å²) in [5, 5.41) is 18.1. The maximum absolute atomic E-state index is 11.7. The Hall–Kier alpha value is -2.17. The Balaban J connectivity index is 2.56. The third-order valence-corrected chi connectivity index (χ3v) is 3.83. The molecule has 1 aromatic heterocycles. The molecular weight excluding hydrogens is 276 g/mol. The maximum Gasteiger partial charge on any atom is 0.256 e. The average molecular weight is 290 g/mol. The SMILES string of the molecule is Cc1cccc(Cn2nc(C)c(C#N)c2S(N)(=O)=O)c1. The lowest BCUT2D eigenvalue weighted by Crippen LogP contribution is -2.19. The van der Waals surface area contributed by atoms with E-state index in [0.717, 1.165) is 11.1 Å². The van der Waals surface area contributed by atoms with Gasteiger partial charge in [-0.25, -0.2) is 18.2 Å². The Kier molecular flexibility index (Phi) is 3.61. The number of nitrogens with two attached hydrogens (primary N) is 1. The second-order valence-corrected chi connectivity index (χ2v) is 6.05. The fraction of sp³-hybridized carbons (Fsp3) is 0.231. The normalized spacial score (nSPS) is 11.3. The molecule has 0 saturated heterocycles. The fourth-order valence-electron chi connectivity index (χ4n) is 2.07. The molecule has 2 aromatic rings. The first-order valence-corrected chi connectivity index (χ1v) is 7.43. The first-order chi connectivity index (χ1) is 9.32. The number of rotatable bonds is 3. The number of primary sulfonamides is 1. The van der Waals surface area contributed by atoms with Crippen molar-refractivity contribution in [2.24, 2.45) is 5.14 Å². The summed E-state index contributed by atoms with van der Waals surface area (Å²) in [7, 11) is -4.01. The van der Waals surface area contributed by atoms with Gasteiger partial charge in [0.2, 0.25) is 0 Å². The third-order valence-electron chi connectivity index (χ3n) is 2.88. The number of benzene rings is 1. The topological polar surface area (TPSA) is 102 Å². The van der Waals surface area contributed by atoms with Crippen LogP contribution in [-0.2, 0) is 16.6 Å². The van der Waals surface area contributed by atoms with Crippen molar-refractivity contribution in [2.45, 2.75) is 25.4 Å². The van der Waals surface area contributed by atoms with Gasteiger partial charge in [0.05, 0.1) is 12.2 Å². The number of aromatic nitrogens is 2. The van der Waals surface area contributed by atoms with Gasteiger partial charge in [0.1, 0.15) is 11.6 Å². The van der Waals surface area contributed by atoms with Crippen LogP contribution in [0.2, 0.25) is 0 Å². The molecule has 0 amide bonds. The first kappa shape index (κ1) is 14.2. The van der Waals surface area contributed by atoms with Crippen molar-refractivity contribution in [3.8, 4) is 6.07 Å². The second-order valence-electron chi connectivity index (χ2n) is 4.57. The Labute approximate surface area is 117 Å². The minimum Gasteiger partial charge on any atom is -0.247 e. The van der Waals surface area contributed by atoms with Crippen molar-refractivity contribution in [1.82, 2.24) is 9.78 Å². The molecule has 0 radical (unpaired) electrons. The Morgan fingerprint density at radius 1 is 1.40 bits per heavy atom. The monoisotopic (exact) mass is 290 g/mol. The molecule has 0 atom stereocenters. The van der Waals surface area contributed by atoms with Crippen LogP contribution >= 0.6 is 0 Å². The summed E-state index contributed by atoms with van der Waals surface area (Å²) in [4.78, 5) is 0. The third kappa shape index (κ3) is 2.71. The van der Waals surface area contributed by atoms with E-state index in [2.05, 4.69) is 5.10 Å². The smallest absolute Gasteiger partial charge is 0.247 e. The molecule has 0 aliphatic heterocycles. The summed E-state index contributed by atoms with van der Waals surface area (Å²) < 4.78 is 24.6. The van der Waals surface area contributed by atoms with Gasteiger partial charge >= 0.3 is 0 Å². The minimum atomic E-state index is -4.01. The Morgan fingerprint density at radius 2 is 2.10 bits per heavy atom. The van der Waals surface area contributed by atoms with Gasteiger partial charge in [0, 0.05) is 0 Å². The highest BCUT2D eigenvalue weighted by atomic mass is 32.2. The first-order valence-electron chi connectivity index (χ1n) is 5.89. The van der Waals surface area contributed by atoms with E-state index in [0.29, 0.717) is 5.69 Å². The summed E-state index contributed by atoms with van der Waals surface area (Å²) in [6, 6.07) is 9.46. The van der Waals surface area contributed by atoms with Gasteiger partial charge in [-0.2, -0.15) is 10.4 Å². The summed E-state index contributed by atoms with van der Waals surface area (Å²) >= 11 is 0. The molecule has 104 valence electrons. The van der Waals surface area contributed by atoms with E-state index >= 15 is 0 Å². The Morgan fingerprint density at radius 3 is 2.65 bits per heavy atom. The highest BCUT2D eigenvalue weighted by Crippen LogP contribution is 2.19. The minimum absolute atomic E-state index is 0.000142. The van der Waals surface area contributed by atoms with Crippen LogP contribution in [-0.4, -0.2) is 18.2 Å². The van der Waals surface area contributed by atoms with Crippen molar-refractivity contribution in [3.63, 3.8) is 0 Å². The molecular formula is C13H14N4O2S. The number of hydrogen-bond acceptors (Lipinski definition) is 4. The van der Waals surface area contributed by atoms with E-state index < -0.39 is 10.0 Å². The van der Waals surface area contributed by atoms with Gasteiger partial charge in [-0.1, -0.05) is 29.8 Å². The van der Waals surface area contributed by atoms with Crippen LogP contribution in [0.15, 0.2) is 29.3 Å². The molecule has 0 aliphatic rings. The average Bonchev–Trinajstić information content (AvgIpc) is 2.64. The van der Waals surface area contributed by atoms with Crippen molar-refractivity contribution in [2.75, 3.05) is 0 Å². The summed E-state index contributed by atoms with van der Waals surface area (Å²) in [5.41, 5.74) is 2.30. The number of aryl methyl sites for hydroxylation is 2. The lowest BCUT2D eigenvalue weighted by Gasteiger charge is -2.07. The van der Waals surface area contributed by atoms with Crippen LogP contribution in [0.3, 0.4) is 0 Å². The quantitative estimate of drug-likeness (QED) is 0.913. The molecule has 1 aromatic carbocycles. The summed E-state index contributed by atoms with van der Waals surface area (Å²) in [6.07, 6.45) is 0. The number of sulfonamides is 1. The number of hydrogen-bond donors (Lipinski definition) is 1. The van der Waals surface area contributed by atoms with Crippen LogP contribution < -0.4 is 5.14 Å². The fourth-order valence-corrected chi connectivity index (χ4v) is 2.95. The molecule has 2 rings (SSSR count). The van der Waals surface area contributed by atoms with Gasteiger partial charge in [0.15, 0.2) is 5.03 Å². The highest BCUT2D eigenvalue weighted by Gasteiger charge is 2.24. The molecule has 0 aliphatic carbocycles. The zero-order chi connectivity index (χ0) is 14.9. The lowest BCUT2D eigenvalue weighted by molar-refractivity contribution is 0.562. The zero-order valence-electron chi connectivity index (χ0n) is 11.2. The van der Waals surface area contributed by atoms with E-state index in [-0.39, 0.29) is 17.1 Å². The van der Waals surface area contributed by atoms with Gasteiger partial charge in [-0.3, -0.25) is 0 Å². The van der Waals surface area contributed by atoms with Crippen LogP contribution in [0, 0.1) is 25.2 Å². The molecule has 20 heavy (non-hydrogen) atoms. The molecule has 0 bridgehead atoms. The van der Waals surface area contributed by atoms with Crippen LogP contribution in [0.4, 0.5) is 0 Å². The van der Waals surface area contributed by atoms with Gasteiger partial charge in [-0.15, -0.1) is 0 Å². The molecule has 2 N–H and O–H groups in total. The number of nitriles is 1. The van der Waals surface area contributed by atoms with Crippen LogP contribution in [0.25, 0.3) is 0 Å². The zero-order valence-corrected chi connectivity index (χ0v) is 12.0. The highest BCUT2D eigenvalue weighted by molar-refractivity contribution is 7.89. The molecule has 1 heterocycles. The summed E-state index contributed by atoms with van der Waals surface area (Å²) in [6.45, 7) is 3.77. The summed E-state index contributed by atoms with van der Waals surface area (Å²) in [5.74, 6) is 0. The van der Waals surface area contributed by atoms with E-state index in [1.807, 2.05) is 37.3 Å². The molecule has 6 nitrogen and oxygen atoms in total. The molecule has 0 spiro atoms. The Bertz CT molecular complexity index is 800. The van der Waals surface area contributed by atoms with Gasteiger partial charge in [0.25, 0.3) is 10.0 Å². The lowest BCUT2D eigenvalue weighted by atomic mass is 10.1. The van der Waals surface area contributed by atoms with E-state index in [1.54, 1.807) is 6.92 Å². The van der Waals surface area contributed by atoms with Crippen molar-refractivity contribution in [1.29, 1.82) is 5.26 Å². The van der Waals surface area contributed by atoms with E-state index in [9.17, 15) is 8.42 Å². The predicted octanol–water partition coefficient (Wildman–Crippen LogP) is 1.07.